The molecule has 1 saturated carbocycles. The minimum Gasteiger partial charge on any atom is -0.361 e. The lowest BCUT2D eigenvalue weighted by Crippen LogP contribution is -2.59. The Labute approximate surface area is 197 Å². The van der Waals surface area contributed by atoms with Crippen LogP contribution < -0.4 is 5.32 Å². The lowest BCUT2D eigenvalue weighted by Gasteiger charge is -2.49. The molecule has 5 heteroatoms. The summed E-state index contributed by atoms with van der Waals surface area (Å²) in [6.07, 6.45) is 7.49. The van der Waals surface area contributed by atoms with Gasteiger partial charge >= 0.3 is 0 Å². The number of fused-ring (bicyclic) bond motifs is 1. The molecule has 0 spiro atoms. The minimum atomic E-state index is -0.295. The van der Waals surface area contributed by atoms with Crippen LogP contribution >= 0.6 is 0 Å². The number of amides is 1. The number of nitrogens with zero attached hydrogens (tertiary/aromatic N) is 2. The summed E-state index contributed by atoms with van der Waals surface area (Å²) in [7, 11) is 0. The third-order valence-corrected chi connectivity index (χ3v) is 7.81. The Bertz CT molecular complexity index is 1090. The number of nitrogens with one attached hydrogen (secondary N) is 2. The molecule has 2 fully saturated rings. The van der Waals surface area contributed by atoms with Crippen LogP contribution in [-0.4, -0.2) is 40.5 Å². The van der Waals surface area contributed by atoms with Crippen LogP contribution in [0.4, 0.5) is 0 Å². The van der Waals surface area contributed by atoms with Crippen molar-refractivity contribution in [2.75, 3.05) is 19.6 Å². The normalized spacial score (nSPS) is 22.2. The summed E-state index contributed by atoms with van der Waals surface area (Å²) in [6, 6.07) is 19.2. The predicted octanol–water partition coefficient (Wildman–Crippen LogP) is 5.59. The topological polar surface area (TPSA) is 51.4 Å². The van der Waals surface area contributed by atoms with Crippen LogP contribution in [-0.2, 0) is 4.79 Å². The number of aromatic nitrogens is 1. The number of hydrogen-bond donors (Lipinski definition) is 2. The van der Waals surface area contributed by atoms with Gasteiger partial charge in [0.2, 0.25) is 5.91 Å². The van der Waals surface area contributed by atoms with Crippen LogP contribution in [0.25, 0.3) is 10.9 Å². The molecular weight excluding hydrogens is 408 g/mol. The van der Waals surface area contributed by atoms with E-state index in [1.54, 1.807) is 0 Å². The Morgan fingerprint density at radius 1 is 1.06 bits per heavy atom. The molecule has 174 valence electrons. The molecule has 2 aliphatic rings. The average molecular weight is 445 g/mol. The van der Waals surface area contributed by atoms with Gasteiger partial charge in [0.05, 0.1) is 12.1 Å². The molecule has 2 heterocycles. The van der Waals surface area contributed by atoms with E-state index in [2.05, 4.69) is 82.7 Å². The van der Waals surface area contributed by atoms with E-state index < -0.39 is 0 Å². The number of carbonyl (C=O) groups excluding carboxylic acids is 1. The fourth-order valence-electron chi connectivity index (χ4n) is 5.83. The third-order valence-electron chi connectivity index (χ3n) is 7.81. The minimum absolute atomic E-state index is 0.0246. The van der Waals surface area contributed by atoms with Gasteiger partial charge in [0, 0.05) is 42.1 Å². The van der Waals surface area contributed by atoms with Gasteiger partial charge in [0.1, 0.15) is 0 Å². The van der Waals surface area contributed by atoms with Gasteiger partial charge in [-0.2, -0.15) is 0 Å². The zero-order valence-electron chi connectivity index (χ0n) is 19.9. The van der Waals surface area contributed by atoms with Crippen molar-refractivity contribution in [2.45, 2.75) is 58.0 Å². The SMILES string of the molecule is C[C@@H](c1ccccc1)N(C(=O)C1(C)CCCCC1)N1CCNC[C@@H]1c1cccc2[nH]ccc12. The third kappa shape index (κ3) is 4.20. The van der Waals surface area contributed by atoms with E-state index >= 15 is 0 Å². The molecule has 0 radical (unpaired) electrons. The van der Waals surface area contributed by atoms with Crippen LogP contribution in [0, 0.1) is 5.41 Å². The molecule has 2 atom stereocenters. The smallest absolute Gasteiger partial charge is 0.243 e. The maximum Gasteiger partial charge on any atom is 0.243 e. The second kappa shape index (κ2) is 9.32. The summed E-state index contributed by atoms with van der Waals surface area (Å²) < 4.78 is 0. The van der Waals surface area contributed by atoms with Gasteiger partial charge in [-0.1, -0.05) is 68.7 Å². The molecular formula is C28H36N4O. The number of piperazine rings is 1. The van der Waals surface area contributed by atoms with Gasteiger partial charge in [-0.3, -0.25) is 9.80 Å². The molecule has 1 aromatic heterocycles. The summed E-state index contributed by atoms with van der Waals surface area (Å²) in [5.74, 6) is 0.284. The zero-order valence-corrected chi connectivity index (χ0v) is 19.9. The van der Waals surface area contributed by atoms with Gasteiger partial charge < -0.3 is 10.3 Å². The zero-order chi connectivity index (χ0) is 22.8. The number of hydrazine groups is 1. The van der Waals surface area contributed by atoms with Crippen molar-refractivity contribution in [3.05, 3.63) is 71.9 Å². The standard InChI is InChI=1S/C28H36N4O/c1-21(22-10-5-3-6-11-22)32(27(33)28(2)15-7-4-8-16-28)31-19-18-29-20-26(31)24-12-9-13-25-23(24)14-17-30-25/h3,5-6,9-14,17,21,26,29-30H,4,7-8,15-16,18-20H2,1-2H3/t21-,26+/m0/s1. The molecule has 1 saturated heterocycles. The molecule has 1 aliphatic heterocycles. The molecule has 2 N–H and O–H groups in total. The Balaban J connectivity index is 1.58. The molecule has 5 rings (SSSR count). The molecule has 33 heavy (non-hydrogen) atoms. The fraction of sp³-hybridized carbons (Fsp3) is 0.464. The fourth-order valence-corrected chi connectivity index (χ4v) is 5.83. The highest BCUT2D eigenvalue weighted by Gasteiger charge is 2.44. The van der Waals surface area contributed by atoms with E-state index in [9.17, 15) is 4.79 Å². The van der Waals surface area contributed by atoms with Crippen molar-refractivity contribution >= 4 is 16.8 Å². The molecule has 1 amide bonds. The van der Waals surface area contributed by atoms with Gasteiger partial charge in [-0.05, 0) is 43.0 Å². The van der Waals surface area contributed by atoms with Crippen LogP contribution in [0.5, 0.6) is 0 Å². The predicted molar refractivity (Wildman–Crippen MR) is 134 cm³/mol. The lowest BCUT2D eigenvalue weighted by molar-refractivity contribution is -0.176. The summed E-state index contributed by atoms with van der Waals surface area (Å²) in [5, 5.41) is 9.34. The number of aromatic amines is 1. The van der Waals surface area contributed by atoms with Crippen LogP contribution in [0.15, 0.2) is 60.8 Å². The van der Waals surface area contributed by atoms with E-state index in [4.69, 9.17) is 0 Å². The highest BCUT2D eigenvalue weighted by Crippen LogP contribution is 2.42. The number of hydrogen-bond acceptors (Lipinski definition) is 3. The van der Waals surface area contributed by atoms with E-state index in [0.717, 1.165) is 50.8 Å². The van der Waals surface area contributed by atoms with Crippen molar-refractivity contribution in [1.29, 1.82) is 0 Å². The number of carbonyl (C=O) groups is 1. The van der Waals surface area contributed by atoms with E-state index in [1.165, 1.54) is 22.9 Å². The van der Waals surface area contributed by atoms with Crippen molar-refractivity contribution < 1.29 is 4.79 Å². The largest absolute Gasteiger partial charge is 0.361 e. The van der Waals surface area contributed by atoms with E-state index in [-0.39, 0.29) is 23.4 Å². The van der Waals surface area contributed by atoms with Crippen LogP contribution in [0.1, 0.15) is 69.2 Å². The molecule has 2 aromatic carbocycles. The Hall–Kier alpha value is -2.63. The Morgan fingerprint density at radius 3 is 2.64 bits per heavy atom. The van der Waals surface area contributed by atoms with Gasteiger partial charge in [0.15, 0.2) is 0 Å². The summed E-state index contributed by atoms with van der Waals surface area (Å²) in [6.45, 7) is 6.90. The van der Waals surface area contributed by atoms with Crippen LogP contribution in [0.2, 0.25) is 0 Å². The maximum atomic E-state index is 14.4. The second-order valence-electron chi connectivity index (χ2n) is 10.0. The van der Waals surface area contributed by atoms with Crippen molar-refractivity contribution in [3.8, 4) is 0 Å². The summed E-state index contributed by atoms with van der Waals surface area (Å²) in [4.78, 5) is 17.7. The lowest BCUT2D eigenvalue weighted by atomic mass is 9.74. The highest BCUT2D eigenvalue weighted by atomic mass is 16.2. The number of rotatable bonds is 5. The molecule has 5 nitrogen and oxygen atoms in total. The van der Waals surface area contributed by atoms with Gasteiger partial charge in [-0.15, -0.1) is 0 Å². The Kier molecular flexibility index (Phi) is 6.26. The first-order valence-corrected chi connectivity index (χ1v) is 12.5. The summed E-state index contributed by atoms with van der Waals surface area (Å²) in [5.41, 5.74) is 3.30. The van der Waals surface area contributed by atoms with Gasteiger partial charge in [0.25, 0.3) is 0 Å². The summed E-state index contributed by atoms with van der Waals surface area (Å²) >= 11 is 0. The maximum absolute atomic E-state index is 14.4. The van der Waals surface area contributed by atoms with Gasteiger partial charge in [-0.25, -0.2) is 5.01 Å². The quantitative estimate of drug-likeness (QED) is 0.539. The van der Waals surface area contributed by atoms with E-state index in [1.807, 2.05) is 12.3 Å². The van der Waals surface area contributed by atoms with Crippen molar-refractivity contribution in [2.24, 2.45) is 5.41 Å². The first-order valence-electron chi connectivity index (χ1n) is 12.5. The average Bonchev–Trinajstić information content (AvgIpc) is 3.35. The first-order chi connectivity index (χ1) is 16.1. The number of benzene rings is 2. The second-order valence-corrected chi connectivity index (χ2v) is 10.0. The van der Waals surface area contributed by atoms with Crippen molar-refractivity contribution in [1.82, 2.24) is 20.3 Å². The highest BCUT2D eigenvalue weighted by molar-refractivity contribution is 5.84. The Morgan fingerprint density at radius 2 is 1.85 bits per heavy atom. The van der Waals surface area contributed by atoms with Crippen LogP contribution in [0.3, 0.4) is 0 Å². The molecule has 1 aliphatic carbocycles. The first kappa shape index (κ1) is 22.2. The van der Waals surface area contributed by atoms with Crippen molar-refractivity contribution in [3.63, 3.8) is 0 Å². The molecule has 0 unspecified atom stereocenters. The number of H-pyrrole nitrogens is 1. The molecule has 0 bridgehead atoms. The van der Waals surface area contributed by atoms with E-state index in [0.29, 0.717) is 0 Å². The molecule has 3 aromatic rings. The monoisotopic (exact) mass is 444 g/mol.